The maximum atomic E-state index is 12.7. The molecule has 3 aromatic carbocycles. The summed E-state index contributed by atoms with van der Waals surface area (Å²) in [6.07, 6.45) is -6.25. The van der Waals surface area contributed by atoms with Crippen LogP contribution < -0.4 is 15.8 Å². The summed E-state index contributed by atoms with van der Waals surface area (Å²) in [5.74, 6) is -1.16. The molecule has 0 spiro atoms. The molecule has 0 aliphatic rings. The van der Waals surface area contributed by atoms with Gasteiger partial charge in [-0.2, -0.15) is 13.2 Å². The minimum absolute atomic E-state index is 0.0476. The fraction of sp³-hybridized carbons (Fsp3) is 0.200. The van der Waals surface area contributed by atoms with Crippen molar-refractivity contribution in [3.05, 3.63) is 101 Å². The molecule has 3 aromatic rings. The molecule has 2 amide bonds. The molecule has 2 atom stereocenters. The number of aliphatic hydroxyl groups is 1. The monoisotopic (exact) mass is 472 g/mol. The summed E-state index contributed by atoms with van der Waals surface area (Å²) in [6, 6.07) is 18.9. The number of amides is 2. The lowest BCUT2D eigenvalue weighted by Gasteiger charge is -2.19. The highest BCUT2D eigenvalue weighted by Gasteiger charge is 2.31. The fourth-order valence-corrected chi connectivity index (χ4v) is 3.18. The lowest BCUT2D eigenvalue weighted by atomic mass is 10.0. The maximum absolute atomic E-state index is 12.7. The number of carbonyl (C=O) groups excluding carboxylic acids is 2. The van der Waals surface area contributed by atoms with Gasteiger partial charge in [-0.1, -0.05) is 54.6 Å². The molecule has 0 saturated carbocycles. The van der Waals surface area contributed by atoms with Crippen molar-refractivity contribution >= 4 is 11.8 Å². The van der Waals surface area contributed by atoms with E-state index in [4.69, 9.17) is 10.5 Å². The molecule has 0 bridgehead atoms. The average Bonchev–Trinajstić information content (AvgIpc) is 2.82. The van der Waals surface area contributed by atoms with E-state index in [2.05, 4.69) is 5.32 Å². The molecule has 3 rings (SSSR count). The molecule has 0 saturated heterocycles. The smallest absolute Gasteiger partial charge is 0.416 e. The van der Waals surface area contributed by atoms with E-state index in [9.17, 15) is 27.9 Å². The van der Waals surface area contributed by atoms with E-state index < -0.39 is 35.7 Å². The van der Waals surface area contributed by atoms with Crippen LogP contribution in [0.5, 0.6) is 5.75 Å². The average molecular weight is 472 g/mol. The molecule has 4 N–H and O–H groups in total. The van der Waals surface area contributed by atoms with E-state index in [1.807, 2.05) is 30.3 Å². The number of ether oxygens (including phenoxy) is 1. The van der Waals surface area contributed by atoms with Crippen LogP contribution in [-0.2, 0) is 28.8 Å². The van der Waals surface area contributed by atoms with Crippen molar-refractivity contribution < 1.29 is 32.6 Å². The van der Waals surface area contributed by atoms with Crippen molar-refractivity contribution in [2.24, 2.45) is 5.73 Å². The summed E-state index contributed by atoms with van der Waals surface area (Å²) < 4.78 is 43.8. The van der Waals surface area contributed by atoms with E-state index in [-0.39, 0.29) is 12.0 Å². The van der Waals surface area contributed by atoms with Crippen molar-refractivity contribution in [3.8, 4) is 5.75 Å². The molecule has 0 unspecified atom stereocenters. The van der Waals surface area contributed by atoms with Crippen molar-refractivity contribution in [1.29, 1.82) is 0 Å². The molecular formula is C25H23F3N2O4. The first-order valence-electron chi connectivity index (χ1n) is 10.3. The zero-order chi connectivity index (χ0) is 24.7. The highest BCUT2D eigenvalue weighted by Crippen LogP contribution is 2.30. The van der Waals surface area contributed by atoms with Crippen LogP contribution >= 0.6 is 0 Å². The first-order valence-corrected chi connectivity index (χ1v) is 10.3. The van der Waals surface area contributed by atoms with Gasteiger partial charge in [0.15, 0.2) is 6.10 Å². The van der Waals surface area contributed by atoms with Crippen molar-refractivity contribution in [3.63, 3.8) is 0 Å². The third kappa shape index (κ3) is 6.82. The summed E-state index contributed by atoms with van der Waals surface area (Å²) in [5.41, 5.74) is 6.13. The molecule has 0 radical (unpaired) electrons. The normalized spacial score (nSPS) is 13.1. The summed E-state index contributed by atoms with van der Waals surface area (Å²) in [6.45, 7) is 0.391. The summed E-state index contributed by atoms with van der Waals surface area (Å²) in [7, 11) is 0. The van der Waals surface area contributed by atoms with Crippen LogP contribution in [-0.4, -0.2) is 23.0 Å². The number of benzene rings is 3. The van der Waals surface area contributed by atoms with Gasteiger partial charge in [0, 0.05) is 6.42 Å². The SMILES string of the molecule is NC(=O)[C@@H](Cc1ccc(OCc2ccccc2)cc1)NC(=O)[C@@H](O)c1ccc(C(F)(F)F)cc1. The van der Waals surface area contributed by atoms with Gasteiger partial charge in [-0.15, -0.1) is 0 Å². The molecule has 0 heterocycles. The van der Waals surface area contributed by atoms with E-state index in [0.717, 1.165) is 29.8 Å². The Bertz CT molecular complexity index is 1100. The third-order valence-corrected chi connectivity index (χ3v) is 5.07. The summed E-state index contributed by atoms with van der Waals surface area (Å²) in [5, 5.41) is 12.6. The number of nitrogens with one attached hydrogen (secondary N) is 1. The van der Waals surface area contributed by atoms with Crippen molar-refractivity contribution in [2.75, 3.05) is 0 Å². The Morgan fingerprint density at radius 3 is 2.09 bits per heavy atom. The Morgan fingerprint density at radius 2 is 1.53 bits per heavy atom. The molecular weight excluding hydrogens is 449 g/mol. The number of alkyl halides is 3. The second-order valence-electron chi connectivity index (χ2n) is 7.61. The van der Waals surface area contributed by atoms with Crippen LogP contribution in [0.4, 0.5) is 13.2 Å². The number of primary amides is 1. The van der Waals surface area contributed by atoms with Crippen LogP contribution in [0, 0.1) is 0 Å². The van der Waals surface area contributed by atoms with Gasteiger partial charge < -0.3 is 20.9 Å². The topological polar surface area (TPSA) is 102 Å². The van der Waals surface area contributed by atoms with Crippen molar-refractivity contribution in [1.82, 2.24) is 5.32 Å². The third-order valence-electron chi connectivity index (χ3n) is 5.07. The van der Waals surface area contributed by atoms with Gasteiger partial charge >= 0.3 is 6.18 Å². The van der Waals surface area contributed by atoms with Gasteiger partial charge in [-0.3, -0.25) is 9.59 Å². The first-order chi connectivity index (χ1) is 16.1. The number of halogens is 3. The Hall–Kier alpha value is -3.85. The zero-order valence-corrected chi connectivity index (χ0v) is 18.0. The number of nitrogens with two attached hydrogens (primary N) is 1. The lowest BCUT2D eigenvalue weighted by Crippen LogP contribution is -2.47. The number of hydrogen-bond acceptors (Lipinski definition) is 4. The highest BCUT2D eigenvalue weighted by atomic mass is 19.4. The first kappa shape index (κ1) is 24.8. The molecule has 9 heteroatoms. The van der Waals surface area contributed by atoms with Gasteiger partial charge in [-0.25, -0.2) is 0 Å². The van der Waals surface area contributed by atoms with Crippen LogP contribution in [0.3, 0.4) is 0 Å². The Morgan fingerprint density at radius 1 is 0.912 bits per heavy atom. The highest BCUT2D eigenvalue weighted by molar-refractivity contribution is 5.89. The minimum atomic E-state index is -4.54. The second-order valence-corrected chi connectivity index (χ2v) is 7.61. The number of carbonyl (C=O) groups is 2. The molecule has 0 aliphatic carbocycles. The van der Waals surface area contributed by atoms with Crippen molar-refractivity contribution in [2.45, 2.75) is 31.3 Å². The molecule has 0 fully saturated rings. The largest absolute Gasteiger partial charge is 0.489 e. The van der Waals surface area contributed by atoms with E-state index in [1.54, 1.807) is 24.3 Å². The van der Waals surface area contributed by atoms with Gasteiger partial charge in [0.25, 0.3) is 5.91 Å². The summed E-state index contributed by atoms with van der Waals surface area (Å²) in [4.78, 5) is 24.2. The van der Waals surface area contributed by atoms with E-state index in [1.165, 1.54) is 0 Å². The lowest BCUT2D eigenvalue weighted by molar-refractivity contribution is -0.137. The predicted molar refractivity (Wildman–Crippen MR) is 118 cm³/mol. The van der Waals surface area contributed by atoms with Gasteiger partial charge in [0.2, 0.25) is 5.91 Å². The molecule has 0 aliphatic heterocycles. The zero-order valence-electron chi connectivity index (χ0n) is 18.0. The van der Waals surface area contributed by atoms with E-state index in [0.29, 0.717) is 17.9 Å². The molecule has 6 nitrogen and oxygen atoms in total. The Balaban J connectivity index is 1.59. The molecule has 34 heavy (non-hydrogen) atoms. The maximum Gasteiger partial charge on any atom is 0.416 e. The fourth-order valence-electron chi connectivity index (χ4n) is 3.18. The van der Waals surface area contributed by atoms with Gasteiger partial charge in [0.1, 0.15) is 18.4 Å². The Kier molecular flexibility index (Phi) is 7.91. The predicted octanol–water partition coefficient (Wildman–Crippen LogP) is 3.53. The minimum Gasteiger partial charge on any atom is -0.489 e. The number of aliphatic hydroxyl groups excluding tert-OH is 1. The number of rotatable bonds is 9. The second kappa shape index (κ2) is 10.8. The summed E-state index contributed by atoms with van der Waals surface area (Å²) >= 11 is 0. The molecule has 0 aromatic heterocycles. The van der Waals surface area contributed by atoms with Crippen LogP contribution in [0.2, 0.25) is 0 Å². The van der Waals surface area contributed by atoms with Crippen LogP contribution in [0.25, 0.3) is 0 Å². The van der Waals surface area contributed by atoms with E-state index >= 15 is 0 Å². The van der Waals surface area contributed by atoms with Crippen LogP contribution in [0.1, 0.15) is 28.4 Å². The van der Waals surface area contributed by atoms with Gasteiger partial charge in [-0.05, 0) is 41.0 Å². The van der Waals surface area contributed by atoms with Gasteiger partial charge in [0.05, 0.1) is 5.56 Å². The molecule has 178 valence electrons. The Labute approximate surface area is 194 Å². The van der Waals surface area contributed by atoms with Crippen LogP contribution in [0.15, 0.2) is 78.9 Å². The quantitative estimate of drug-likeness (QED) is 0.444. The number of hydrogen-bond donors (Lipinski definition) is 3. The standard InChI is InChI=1S/C25H23F3N2O4/c26-25(27,28)19-10-8-18(9-11-19)22(31)24(33)30-21(23(29)32)14-16-6-12-20(13-7-16)34-15-17-4-2-1-3-5-17/h1-13,21-22,31H,14-15H2,(H2,29,32)(H,30,33)/t21-,22+/m1/s1.